The van der Waals surface area contributed by atoms with Gasteiger partial charge in [0.15, 0.2) is 0 Å². The van der Waals surface area contributed by atoms with E-state index >= 15 is 0 Å². The predicted molar refractivity (Wildman–Crippen MR) is 112 cm³/mol. The van der Waals surface area contributed by atoms with Crippen LogP contribution in [0.2, 0.25) is 0 Å². The van der Waals surface area contributed by atoms with Crippen molar-refractivity contribution in [1.29, 1.82) is 0 Å². The van der Waals surface area contributed by atoms with Gasteiger partial charge in [-0.05, 0) is 46.1 Å². The van der Waals surface area contributed by atoms with Crippen LogP contribution in [0.15, 0.2) is 103 Å². The molecule has 0 aliphatic heterocycles. The van der Waals surface area contributed by atoms with E-state index in [1.54, 1.807) is 0 Å². The molecule has 0 nitrogen and oxygen atoms in total. The molecule has 0 radical (unpaired) electrons. The number of allylic oxidation sites excluding steroid dienone is 4. The van der Waals surface area contributed by atoms with Gasteiger partial charge in [0.2, 0.25) is 0 Å². The van der Waals surface area contributed by atoms with Gasteiger partial charge in [-0.3, -0.25) is 0 Å². The number of hydrogen-bond acceptors (Lipinski definition) is 0. The molecule has 1 saturated carbocycles. The first kappa shape index (κ1) is 15.2. The zero-order valence-corrected chi connectivity index (χ0v) is 15.3. The maximum absolute atomic E-state index is 2.63. The zero-order chi connectivity index (χ0) is 17.8. The molecule has 0 saturated heterocycles. The molecule has 27 heavy (non-hydrogen) atoms. The molecule has 2 bridgehead atoms. The Morgan fingerprint density at radius 3 is 1.81 bits per heavy atom. The maximum atomic E-state index is 2.63. The quantitative estimate of drug-likeness (QED) is 0.517. The van der Waals surface area contributed by atoms with Gasteiger partial charge in [-0.2, -0.15) is 0 Å². The number of hydrogen-bond donors (Lipinski definition) is 0. The Kier molecular flexibility index (Phi) is 3.14. The second-order valence-electron chi connectivity index (χ2n) is 8.17. The lowest BCUT2D eigenvalue weighted by molar-refractivity contribution is 0.571. The van der Waals surface area contributed by atoms with Gasteiger partial charge in [-0.25, -0.2) is 0 Å². The van der Waals surface area contributed by atoms with E-state index in [4.69, 9.17) is 0 Å². The van der Waals surface area contributed by atoms with Gasteiger partial charge in [0, 0.05) is 11.3 Å². The molecule has 3 aliphatic carbocycles. The predicted octanol–water partition coefficient (Wildman–Crippen LogP) is 6.37. The van der Waals surface area contributed by atoms with Crippen LogP contribution in [-0.4, -0.2) is 0 Å². The number of fused-ring (bicyclic) bond motifs is 2. The molecule has 0 aromatic heterocycles. The lowest BCUT2D eigenvalue weighted by Crippen LogP contribution is -2.19. The number of rotatable bonds is 3. The molecule has 0 amide bonds. The highest BCUT2D eigenvalue weighted by atomic mass is 14.7. The lowest BCUT2D eigenvalue weighted by atomic mass is 9.73. The summed E-state index contributed by atoms with van der Waals surface area (Å²) in [5.74, 6) is 1.90. The second-order valence-corrected chi connectivity index (χ2v) is 8.17. The third-order valence-electron chi connectivity index (χ3n) is 6.97. The molecule has 0 spiro atoms. The Morgan fingerprint density at radius 2 is 1.19 bits per heavy atom. The first-order valence-corrected chi connectivity index (χ1v) is 9.99. The van der Waals surface area contributed by atoms with Crippen LogP contribution in [-0.2, 0) is 5.41 Å². The summed E-state index contributed by atoms with van der Waals surface area (Å²) >= 11 is 0. The van der Waals surface area contributed by atoms with Crippen LogP contribution in [0.1, 0.15) is 23.1 Å². The van der Waals surface area contributed by atoms with Crippen molar-refractivity contribution < 1.29 is 0 Å². The summed E-state index contributed by atoms with van der Waals surface area (Å²) in [5.41, 5.74) is 7.49. The summed E-state index contributed by atoms with van der Waals surface area (Å²) < 4.78 is 0. The van der Waals surface area contributed by atoms with Gasteiger partial charge in [0.25, 0.3) is 0 Å². The SMILES string of the molecule is C1=C(c2ccccc2)C2CC3C1[C@]3(c1ccccc1)C=C2c1ccccc1. The van der Waals surface area contributed by atoms with Gasteiger partial charge in [-0.15, -0.1) is 0 Å². The van der Waals surface area contributed by atoms with Crippen LogP contribution in [0, 0.1) is 17.8 Å². The highest BCUT2D eigenvalue weighted by Gasteiger charge is 2.67. The van der Waals surface area contributed by atoms with Crippen molar-refractivity contribution in [2.75, 3.05) is 0 Å². The monoisotopic (exact) mass is 346 g/mol. The maximum Gasteiger partial charge on any atom is 0.0239 e. The Bertz CT molecular complexity index is 1040. The Hall–Kier alpha value is -2.86. The van der Waals surface area contributed by atoms with Gasteiger partial charge >= 0.3 is 0 Å². The zero-order valence-electron chi connectivity index (χ0n) is 15.3. The van der Waals surface area contributed by atoms with Crippen molar-refractivity contribution >= 4 is 11.1 Å². The Morgan fingerprint density at radius 1 is 0.630 bits per heavy atom. The van der Waals surface area contributed by atoms with Crippen molar-refractivity contribution in [2.45, 2.75) is 11.8 Å². The molecule has 3 aromatic carbocycles. The van der Waals surface area contributed by atoms with Crippen LogP contribution >= 0.6 is 0 Å². The molecule has 130 valence electrons. The van der Waals surface area contributed by atoms with Crippen LogP contribution in [0.4, 0.5) is 0 Å². The van der Waals surface area contributed by atoms with Gasteiger partial charge in [0.1, 0.15) is 0 Å². The van der Waals surface area contributed by atoms with Gasteiger partial charge in [-0.1, -0.05) is 103 Å². The molecule has 1 fully saturated rings. The van der Waals surface area contributed by atoms with E-state index in [9.17, 15) is 0 Å². The van der Waals surface area contributed by atoms with E-state index in [1.165, 1.54) is 34.3 Å². The Labute approximate surface area is 160 Å². The highest BCUT2D eigenvalue weighted by molar-refractivity contribution is 5.88. The van der Waals surface area contributed by atoms with E-state index in [-0.39, 0.29) is 5.41 Å². The first-order chi connectivity index (χ1) is 13.4. The smallest absolute Gasteiger partial charge is 0.0239 e. The van der Waals surface area contributed by atoms with E-state index in [1.807, 2.05) is 0 Å². The van der Waals surface area contributed by atoms with Crippen LogP contribution < -0.4 is 0 Å². The minimum absolute atomic E-state index is 0.194. The second kappa shape index (κ2) is 5.57. The van der Waals surface area contributed by atoms with E-state index < -0.39 is 0 Å². The molecule has 0 heteroatoms. The Balaban J connectivity index is 1.57. The average Bonchev–Trinajstić information content (AvgIpc) is 3.46. The first-order valence-electron chi connectivity index (χ1n) is 9.99. The summed E-state index contributed by atoms with van der Waals surface area (Å²) in [5, 5.41) is 0. The van der Waals surface area contributed by atoms with E-state index in [0.717, 1.165) is 5.92 Å². The van der Waals surface area contributed by atoms with E-state index in [2.05, 4.69) is 103 Å². The molecule has 0 N–H and O–H groups in total. The molecular weight excluding hydrogens is 324 g/mol. The molecule has 3 unspecified atom stereocenters. The number of benzene rings is 3. The highest BCUT2D eigenvalue weighted by Crippen LogP contribution is 2.72. The van der Waals surface area contributed by atoms with Crippen molar-refractivity contribution in [1.82, 2.24) is 0 Å². The fraction of sp³-hybridized carbons (Fsp3) is 0.185. The summed E-state index contributed by atoms with van der Waals surface area (Å²) in [6.07, 6.45) is 6.50. The van der Waals surface area contributed by atoms with Gasteiger partial charge in [0.05, 0.1) is 0 Å². The topological polar surface area (TPSA) is 0 Å². The molecule has 6 rings (SSSR count). The fourth-order valence-electron chi connectivity index (χ4n) is 5.71. The third-order valence-corrected chi connectivity index (χ3v) is 6.97. The normalized spacial score (nSPS) is 30.3. The third kappa shape index (κ3) is 2.10. The summed E-state index contributed by atoms with van der Waals surface area (Å²) in [6.45, 7) is 0. The van der Waals surface area contributed by atoms with Gasteiger partial charge < -0.3 is 0 Å². The summed E-state index contributed by atoms with van der Waals surface area (Å²) in [4.78, 5) is 0. The molecule has 4 atom stereocenters. The molecular formula is C27H22. The van der Waals surface area contributed by atoms with E-state index in [0.29, 0.717) is 11.8 Å². The van der Waals surface area contributed by atoms with Crippen molar-refractivity contribution in [2.24, 2.45) is 17.8 Å². The molecule has 0 heterocycles. The lowest BCUT2D eigenvalue weighted by Gasteiger charge is -2.31. The van der Waals surface area contributed by atoms with Crippen molar-refractivity contribution in [3.8, 4) is 0 Å². The van der Waals surface area contributed by atoms with Crippen LogP contribution in [0.5, 0.6) is 0 Å². The van der Waals surface area contributed by atoms with Crippen molar-refractivity contribution in [3.05, 3.63) is 120 Å². The minimum Gasteiger partial charge on any atom is -0.0754 e. The standard InChI is InChI=1S/C27H22/c1-4-10-19(11-5-1)22-16-25-26-17-23(22)24(20-12-6-2-7-13-20)18-27(25,26)21-14-8-3-9-15-21/h1-16,18,23,25-26H,17H2/t23?,25?,26?,27-/m1/s1. The largest absolute Gasteiger partial charge is 0.0754 e. The summed E-state index contributed by atoms with van der Waals surface area (Å²) in [6, 6.07) is 33.2. The summed E-state index contributed by atoms with van der Waals surface area (Å²) in [7, 11) is 0. The molecule has 3 aliphatic rings. The minimum atomic E-state index is 0.194. The van der Waals surface area contributed by atoms with Crippen molar-refractivity contribution in [3.63, 3.8) is 0 Å². The van der Waals surface area contributed by atoms with Crippen LogP contribution in [0.3, 0.4) is 0 Å². The molecule has 3 aromatic rings. The van der Waals surface area contributed by atoms with Crippen LogP contribution in [0.25, 0.3) is 11.1 Å². The average molecular weight is 346 g/mol. The fourth-order valence-corrected chi connectivity index (χ4v) is 5.71.